The summed E-state index contributed by atoms with van der Waals surface area (Å²) in [5.74, 6) is 0.592. The van der Waals surface area contributed by atoms with Crippen molar-refractivity contribution in [3.05, 3.63) is 81.1 Å². The Balaban J connectivity index is 1.39. The molecule has 0 aliphatic carbocycles. The van der Waals surface area contributed by atoms with E-state index < -0.39 is 0 Å². The Morgan fingerprint density at radius 2 is 2.07 bits per heavy atom. The lowest BCUT2D eigenvalue weighted by atomic mass is 10.1. The van der Waals surface area contributed by atoms with Crippen molar-refractivity contribution in [3.63, 3.8) is 0 Å². The number of H-pyrrole nitrogens is 1. The first-order valence-electron chi connectivity index (χ1n) is 9.39. The number of nitrogens with one attached hydrogen (secondary N) is 2. The normalized spacial score (nSPS) is 16.5. The maximum atomic E-state index is 11.9. The van der Waals surface area contributed by atoms with Crippen LogP contribution in [0.1, 0.15) is 12.0 Å². The predicted molar refractivity (Wildman–Crippen MR) is 109 cm³/mol. The van der Waals surface area contributed by atoms with E-state index in [0.717, 1.165) is 41.9 Å². The molecule has 0 bridgehead atoms. The Morgan fingerprint density at radius 3 is 2.86 bits per heavy atom. The van der Waals surface area contributed by atoms with E-state index in [1.54, 1.807) is 6.20 Å². The molecule has 1 saturated heterocycles. The van der Waals surface area contributed by atoms with Crippen molar-refractivity contribution >= 4 is 5.82 Å². The molecule has 2 N–H and O–H groups in total. The fourth-order valence-corrected chi connectivity index (χ4v) is 3.50. The van der Waals surface area contributed by atoms with Crippen LogP contribution in [0.3, 0.4) is 0 Å². The number of hydrogen-bond acceptors (Lipinski definition) is 5. The smallest absolute Gasteiger partial charge is 0.329 e. The van der Waals surface area contributed by atoms with Gasteiger partial charge < -0.3 is 10.2 Å². The number of rotatable bonds is 5. The van der Waals surface area contributed by atoms with Crippen molar-refractivity contribution in [1.82, 2.24) is 19.9 Å². The minimum absolute atomic E-state index is 0.290. The number of nitrogens with zero attached hydrogens (tertiary/aromatic N) is 3. The number of aromatic nitrogens is 3. The van der Waals surface area contributed by atoms with Crippen molar-refractivity contribution in [3.8, 4) is 11.3 Å². The number of hydrogen-bond donors (Lipinski definition) is 2. The third kappa shape index (κ3) is 3.89. The Bertz CT molecular complexity index is 1040. The molecule has 144 valence electrons. The first kappa shape index (κ1) is 18.2. The molecule has 0 amide bonds. The molecule has 0 saturated carbocycles. The highest BCUT2D eigenvalue weighted by Crippen LogP contribution is 2.19. The van der Waals surface area contributed by atoms with Gasteiger partial charge in [-0.1, -0.05) is 24.3 Å². The highest BCUT2D eigenvalue weighted by molar-refractivity contribution is 5.59. The van der Waals surface area contributed by atoms with Crippen molar-refractivity contribution in [2.24, 2.45) is 7.05 Å². The lowest BCUT2D eigenvalue weighted by Crippen LogP contribution is -2.36. The molecular weight excluding hydrogens is 354 g/mol. The van der Waals surface area contributed by atoms with Gasteiger partial charge in [0.15, 0.2) is 0 Å². The van der Waals surface area contributed by atoms with Gasteiger partial charge in [-0.15, -0.1) is 0 Å². The Hall–Kier alpha value is -3.19. The fourth-order valence-electron chi connectivity index (χ4n) is 3.50. The third-order valence-electron chi connectivity index (χ3n) is 5.14. The summed E-state index contributed by atoms with van der Waals surface area (Å²) in [5.41, 5.74) is 2.59. The second-order valence-electron chi connectivity index (χ2n) is 7.08. The molecule has 0 spiro atoms. The van der Waals surface area contributed by atoms with Gasteiger partial charge in [0.25, 0.3) is 5.56 Å². The van der Waals surface area contributed by atoms with Crippen LogP contribution in [0.25, 0.3) is 11.3 Å². The molecule has 2 aromatic heterocycles. The molecule has 4 rings (SSSR count). The quantitative estimate of drug-likeness (QED) is 0.704. The molecule has 7 nitrogen and oxygen atoms in total. The summed E-state index contributed by atoms with van der Waals surface area (Å²) in [6, 6.07) is 16.1. The van der Waals surface area contributed by atoms with E-state index in [9.17, 15) is 9.59 Å². The Labute approximate surface area is 162 Å². The van der Waals surface area contributed by atoms with Crippen LogP contribution in [-0.4, -0.2) is 33.7 Å². The molecule has 1 aromatic carbocycles. The van der Waals surface area contributed by atoms with Crippen LogP contribution in [-0.2, 0) is 13.6 Å². The molecular formula is C21H23N5O2. The summed E-state index contributed by atoms with van der Waals surface area (Å²) in [7, 11) is 1.47. The molecule has 3 heterocycles. The summed E-state index contributed by atoms with van der Waals surface area (Å²) in [6.07, 6.45) is 2.76. The van der Waals surface area contributed by atoms with Crippen LogP contribution in [0.4, 0.5) is 5.82 Å². The molecule has 1 aliphatic rings. The zero-order chi connectivity index (χ0) is 19.5. The van der Waals surface area contributed by atoms with Crippen LogP contribution >= 0.6 is 0 Å². The van der Waals surface area contributed by atoms with E-state index in [0.29, 0.717) is 11.9 Å². The summed E-state index contributed by atoms with van der Waals surface area (Å²) < 4.78 is 1.07. The molecule has 7 heteroatoms. The first-order valence-corrected chi connectivity index (χ1v) is 9.39. The van der Waals surface area contributed by atoms with Crippen LogP contribution < -0.4 is 21.5 Å². The van der Waals surface area contributed by atoms with Crippen molar-refractivity contribution in [2.75, 3.05) is 18.0 Å². The lowest BCUT2D eigenvalue weighted by molar-refractivity contribution is 0.551. The van der Waals surface area contributed by atoms with Crippen molar-refractivity contribution in [2.45, 2.75) is 19.0 Å². The highest BCUT2D eigenvalue weighted by atomic mass is 16.2. The fraction of sp³-hybridized carbons (Fsp3) is 0.286. The van der Waals surface area contributed by atoms with Crippen LogP contribution in [0.2, 0.25) is 0 Å². The predicted octanol–water partition coefficient (Wildman–Crippen LogP) is 1.50. The summed E-state index contributed by atoms with van der Waals surface area (Å²) >= 11 is 0. The van der Waals surface area contributed by atoms with E-state index in [2.05, 4.69) is 33.5 Å². The maximum Gasteiger partial charge on any atom is 0.329 e. The molecule has 0 radical (unpaired) electrons. The molecule has 28 heavy (non-hydrogen) atoms. The van der Waals surface area contributed by atoms with Gasteiger partial charge >= 0.3 is 5.69 Å². The average Bonchev–Trinajstić information content (AvgIpc) is 3.20. The summed E-state index contributed by atoms with van der Waals surface area (Å²) in [5, 5.41) is 3.58. The van der Waals surface area contributed by atoms with Crippen LogP contribution in [0.15, 0.2) is 64.3 Å². The molecule has 0 unspecified atom stereocenters. The van der Waals surface area contributed by atoms with Gasteiger partial charge in [0.1, 0.15) is 5.82 Å². The van der Waals surface area contributed by atoms with Gasteiger partial charge in [-0.3, -0.25) is 19.3 Å². The minimum atomic E-state index is -0.384. The van der Waals surface area contributed by atoms with E-state index in [4.69, 9.17) is 0 Å². The molecule has 1 aliphatic heterocycles. The molecule has 1 fully saturated rings. The topological polar surface area (TPSA) is 83.0 Å². The lowest BCUT2D eigenvalue weighted by Gasteiger charge is -2.18. The Morgan fingerprint density at radius 1 is 1.18 bits per heavy atom. The van der Waals surface area contributed by atoms with Crippen LogP contribution in [0.5, 0.6) is 0 Å². The maximum absolute atomic E-state index is 11.9. The van der Waals surface area contributed by atoms with Gasteiger partial charge in [0.05, 0.1) is 5.69 Å². The minimum Gasteiger partial charge on any atom is -0.356 e. The van der Waals surface area contributed by atoms with Gasteiger partial charge in [-0.05, 0) is 30.2 Å². The van der Waals surface area contributed by atoms with Gasteiger partial charge in [0.2, 0.25) is 0 Å². The molecule has 1 atom stereocenters. The summed E-state index contributed by atoms with van der Waals surface area (Å²) in [4.78, 5) is 32.9. The highest BCUT2D eigenvalue weighted by Gasteiger charge is 2.23. The monoisotopic (exact) mass is 377 g/mol. The largest absolute Gasteiger partial charge is 0.356 e. The average molecular weight is 377 g/mol. The second-order valence-corrected chi connectivity index (χ2v) is 7.08. The summed E-state index contributed by atoms with van der Waals surface area (Å²) in [6.45, 7) is 2.31. The van der Waals surface area contributed by atoms with E-state index in [1.807, 2.05) is 29.2 Å². The van der Waals surface area contributed by atoms with Gasteiger partial charge in [-0.2, -0.15) is 0 Å². The first-order chi connectivity index (χ1) is 13.6. The zero-order valence-electron chi connectivity index (χ0n) is 15.8. The standard InChI is InChI=1S/C21H23N5O2/c1-25-20(27)12-19(24-21(25)28)26-10-8-17(14-26)23-13-15-5-4-6-16(11-15)18-7-2-3-9-22-18/h2-7,9,11-12,17,23H,8,10,13-14H2,1H3,(H,24,28)/t17-/m1/s1. The third-order valence-corrected chi connectivity index (χ3v) is 5.14. The van der Waals surface area contributed by atoms with Crippen LogP contribution in [0, 0.1) is 0 Å². The van der Waals surface area contributed by atoms with Crippen molar-refractivity contribution < 1.29 is 0 Å². The van der Waals surface area contributed by atoms with E-state index in [-0.39, 0.29) is 11.2 Å². The second kappa shape index (κ2) is 7.82. The number of pyridine rings is 1. The van der Waals surface area contributed by atoms with E-state index in [1.165, 1.54) is 18.7 Å². The van der Waals surface area contributed by atoms with Gasteiger partial charge in [-0.25, -0.2) is 4.79 Å². The number of anilines is 1. The van der Waals surface area contributed by atoms with Crippen molar-refractivity contribution in [1.29, 1.82) is 0 Å². The zero-order valence-corrected chi connectivity index (χ0v) is 15.8. The SMILES string of the molecule is Cn1c(=O)cc(N2CC[C@@H](NCc3cccc(-c4ccccn4)c3)C2)[nH]c1=O. The number of benzene rings is 1. The van der Waals surface area contributed by atoms with E-state index >= 15 is 0 Å². The Kier molecular flexibility index (Phi) is 5.08. The van der Waals surface area contributed by atoms with Gasteiger partial charge in [0, 0.05) is 50.6 Å². The number of aromatic amines is 1. The molecule has 3 aromatic rings.